The van der Waals surface area contributed by atoms with Crippen LogP contribution in [0.15, 0.2) is 67.3 Å². The van der Waals surface area contributed by atoms with E-state index in [1.54, 1.807) is 12.1 Å². The fourth-order valence-electron chi connectivity index (χ4n) is 3.35. The van der Waals surface area contributed by atoms with Crippen molar-refractivity contribution >= 4 is 43.3 Å². The van der Waals surface area contributed by atoms with Crippen LogP contribution in [0, 0.1) is 5.92 Å². The molecule has 0 bridgehead atoms. The number of nitrogens with zero attached hydrogens (tertiary/aromatic N) is 2. The SMILES string of the molecule is CC1CCN(c2oc(-c3cccc(Br)c3)nc2S(=O)(=O)c2ccc(Cl)cc2)CC1. The maximum atomic E-state index is 13.4. The summed E-state index contributed by atoms with van der Waals surface area (Å²) in [6.07, 6.45) is 1.96. The van der Waals surface area contributed by atoms with Gasteiger partial charge in [-0.15, -0.1) is 0 Å². The quantitative estimate of drug-likeness (QED) is 0.456. The molecule has 1 aliphatic heterocycles. The van der Waals surface area contributed by atoms with Crippen LogP contribution < -0.4 is 4.90 Å². The standard InChI is InChI=1S/C21H20BrClN2O3S/c1-14-9-11-25(12-10-14)21-20(29(26,27)18-7-5-17(23)6-8-18)24-19(28-21)15-3-2-4-16(22)13-15/h2-8,13-14H,9-12H2,1H3. The summed E-state index contributed by atoms with van der Waals surface area (Å²) in [6, 6.07) is 13.6. The maximum absolute atomic E-state index is 13.4. The molecule has 2 heterocycles. The molecule has 152 valence electrons. The highest BCUT2D eigenvalue weighted by Crippen LogP contribution is 2.37. The van der Waals surface area contributed by atoms with E-state index in [2.05, 4.69) is 27.8 Å². The number of rotatable bonds is 4. The van der Waals surface area contributed by atoms with E-state index in [1.165, 1.54) is 12.1 Å². The summed E-state index contributed by atoms with van der Waals surface area (Å²) >= 11 is 9.37. The van der Waals surface area contributed by atoms with E-state index >= 15 is 0 Å². The van der Waals surface area contributed by atoms with Crippen molar-refractivity contribution in [2.75, 3.05) is 18.0 Å². The van der Waals surface area contributed by atoms with Crippen LogP contribution in [0.3, 0.4) is 0 Å². The average Bonchev–Trinajstić information content (AvgIpc) is 3.15. The summed E-state index contributed by atoms with van der Waals surface area (Å²) in [5, 5.41) is 0.425. The number of piperidine rings is 1. The Kier molecular flexibility index (Phi) is 5.73. The molecule has 1 fully saturated rings. The first-order valence-corrected chi connectivity index (χ1v) is 12.0. The summed E-state index contributed by atoms with van der Waals surface area (Å²) in [5.74, 6) is 1.20. The minimum absolute atomic E-state index is 0.0515. The lowest BCUT2D eigenvalue weighted by Crippen LogP contribution is -2.33. The van der Waals surface area contributed by atoms with Crippen molar-refractivity contribution in [1.29, 1.82) is 0 Å². The van der Waals surface area contributed by atoms with Crippen molar-refractivity contribution in [3.63, 3.8) is 0 Å². The van der Waals surface area contributed by atoms with Crippen molar-refractivity contribution in [3.8, 4) is 11.5 Å². The number of hydrogen-bond acceptors (Lipinski definition) is 5. The van der Waals surface area contributed by atoms with Crippen molar-refractivity contribution < 1.29 is 12.8 Å². The molecule has 2 aromatic carbocycles. The molecule has 0 amide bonds. The Hall–Kier alpha value is -1.83. The van der Waals surface area contributed by atoms with Crippen molar-refractivity contribution in [3.05, 3.63) is 58.0 Å². The van der Waals surface area contributed by atoms with E-state index in [0.717, 1.165) is 30.4 Å². The Morgan fingerprint density at radius 2 is 1.83 bits per heavy atom. The Morgan fingerprint density at radius 1 is 1.14 bits per heavy atom. The molecule has 8 heteroatoms. The van der Waals surface area contributed by atoms with Crippen LogP contribution in [-0.2, 0) is 9.84 Å². The van der Waals surface area contributed by atoms with Gasteiger partial charge in [0.1, 0.15) is 0 Å². The molecule has 0 atom stereocenters. The number of aromatic nitrogens is 1. The van der Waals surface area contributed by atoms with Crippen LogP contribution in [-0.4, -0.2) is 26.5 Å². The molecule has 0 spiro atoms. The molecule has 0 aliphatic carbocycles. The molecule has 3 aromatic rings. The second-order valence-electron chi connectivity index (χ2n) is 7.27. The van der Waals surface area contributed by atoms with Gasteiger partial charge < -0.3 is 9.32 Å². The minimum Gasteiger partial charge on any atom is -0.419 e. The smallest absolute Gasteiger partial charge is 0.236 e. The third-order valence-corrected chi connectivity index (χ3v) is 7.51. The van der Waals surface area contributed by atoms with E-state index in [9.17, 15) is 8.42 Å². The lowest BCUT2D eigenvalue weighted by Gasteiger charge is -2.30. The zero-order valence-corrected chi connectivity index (χ0v) is 19.0. The third kappa shape index (κ3) is 4.22. The molecule has 1 saturated heterocycles. The van der Waals surface area contributed by atoms with Gasteiger partial charge in [0, 0.05) is 28.1 Å². The molecule has 0 saturated carbocycles. The van der Waals surface area contributed by atoms with Gasteiger partial charge in [0.15, 0.2) is 0 Å². The van der Waals surface area contributed by atoms with Crippen molar-refractivity contribution in [2.24, 2.45) is 5.92 Å². The Morgan fingerprint density at radius 3 is 2.48 bits per heavy atom. The van der Waals surface area contributed by atoms with Gasteiger partial charge in [0.25, 0.3) is 0 Å². The topological polar surface area (TPSA) is 63.4 Å². The first-order chi connectivity index (χ1) is 13.8. The predicted molar refractivity (Wildman–Crippen MR) is 117 cm³/mol. The molecule has 0 unspecified atom stereocenters. The van der Waals surface area contributed by atoms with Gasteiger partial charge in [-0.1, -0.05) is 40.5 Å². The highest BCUT2D eigenvalue weighted by Gasteiger charge is 2.32. The van der Waals surface area contributed by atoms with Gasteiger partial charge in [-0.25, -0.2) is 8.42 Å². The molecule has 29 heavy (non-hydrogen) atoms. The second-order valence-corrected chi connectivity index (χ2v) is 10.5. The van der Waals surface area contributed by atoms with Gasteiger partial charge in [-0.2, -0.15) is 4.98 Å². The lowest BCUT2D eigenvalue weighted by molar-refractivity contribution is 0.415. The minimum atomic E-state index is -3.86. The number of sulfone groups is 1. The lowest BCUT2D eigenvalue weighted by atomic mass is 9.99. The summed E-state index contributed by atoms with van der Waals surface area (Å²) in [4.78, 5) is 6.56. The normalized spacial score (nSPS) is 15.6. The van der Waals surface area contributed by atoms with E-state index in [4.69, 9.17) is 16.0 Å². The number of benzene rings is 2. The van der Waals surface area contributed by atoms with Crippen LogP contribution in [0.2, 0.25) is 5.02 Å². The van der Waals surface area contributed by atoms with Crippen LogP contribution in [0.5, 0.6) is 0 Å². The van der Waals surface area contributed by atoms with Crippen LogP contribution in [0.1, 0.15) is 19.8 Å². The molecule has 4 rings (SSSR count). The molecule has 1 aromatic heterocycles. The third-order valence-electron chi connectivity index (χ3n) is 5.10. The summed E-state index contributed by atoms with van der Waals surface area (Å²) < 4.78 is 33.7. The fourth-order valence-corrected chi connectivity index (χ4v) is 5.20. The van der Waals surface area contributed by atoms with E-state index < -0.39 is 9.84 Å². The average molecular weight is 496 g/mol. The van der Waals surface area contributed by atoms with Crippen LogP contribution in [0.25, 0.3) is 11.5 Å². The zero-order chi connectivity index (χ0) is 20.6. The predicted octanol–water partition coefficient (Wildman–Crippen LogP) is 5.83. The molecule has 0 radical (unpaired) electrons. The maximum Gasteiger partial charge on any atom is 0.236 e. The molecule has 1 aliphatic rings. The number of hydrogen-bond donors (Lipinski definition) is 0. The summed E-state index contributed by atoms with van der Waals surface area (Å²) in [6.45, 7) is 3.67. The van der Waals surface area contributed by atoms with E-state index in [-0.39, 0.29) is 15.8 Å². The molecular formula is C21H20BrClN2O3S. The molecular weight excluding hydrogens is 476 g/mol. The Balaban J connectivity index is 1.83. The fraction of sp³-hybridized carbons (Fsp3) is 0.286. The zero-order valence-electron chi connectivity index (χ0n) is 15.8. The highest BCUT2D eigenvalue weighted by molar-refractivity contribution is 9.10. The Bertz CT molecular complexity index is 1120. The number of anilines is 1. The first kappa shape index (κ1) is 20.4. The number of halogens is 2. The van der Waals surface area contributed by atoms with Crippen molar-refractivity contribution in [1.82, 2.24) is 4.98 Å². The largest absolute Gasteiger partial charge is 0.419 e. The van der Waals surface area contributed by atoms with Crippen LogP contribution >= 0.6 is 27.5 Å². The number of oxazole rings is 1. The Labute approximate surface area is 183 Å². The highest BCUT2D eigenvalue weighted by atomic mass is 79.9. The molecule has 0 N–H and O–H groups in total. The van der Waals surface area contributed by atoms with Gasteiger partial charge in [-0.05, 0) is 61.2 Å². The van der Waals surface area contributed by atoms with Gasteiger partial charge in [-0.3, -0.25) is 0 Å². The van der Waals surface area contributed by atoms with Gasteiger partial charge >= 0.3 is 0 Å². The van der Waals surface area contributed by atoms with Gasteiger partial charge in [0.2, 0.25) is 26.6 Å². The molecule has 5 nitrogen and oxygen atoms in total. The summed E-state index contributed by atoms with van der Waals surface area (Å²) in [5.41, 5.74) is 0.712. The van der Waals surface area contributed by atoms with Crippen LogP contribution in [0.4, 0.5) is 5.88 Å². The first-order valence-electron chi connectivity index (χ1n) is 9.37. The monoisotopic (exact) mass is 494 g/mol. The van der Waals surface area contributed by atoms with E-state index in [1.807, 2.05) is 29.2 Å². The summed E-state index contributed by atoms with van der Waals surface area (Å²) in [7, 11) is -3.86. The van der Waals surface area contributed by atoms with Crippen molar-refractivity contribution in [2.45, 2.75) is 29.7 Å². The van der Waals surface area contributed by atoms with Gasteiger partial charge in [0.05, 0.1) is 4.90 Å². The second kappa shape index (κ2) is 8.13. The van der Waals surface area contributed by atoms with E-state index in [0.29, 0.717) is 22.4 Å².